The molecule has 0 radical (unpaired) electrons. The van der Waals surface area contributed by atoms with E-state index in [9.17, 15) is 17.6 Å². The van der Waals surface area contributed by atoms with Crippen LogP contribution in [0.25, 0.3) is 11.1 Å². The van der Waals surface area contributed by atoms with Crippen molar-refractivity contribution in [1.82, 2.24) is 9.71 Å². The molecule has 3 rings (SSSR count). The van der Waals surface area contributed by atoms with Gasteiger partial charge in [0.2, 0.25) is 15.9 Å². The second-order valence-corrected chi connectivity index (χ2v) is 9.32. The number of hydrogen-bond acceptors (Lipinski definition) is 5. The SMILES string of the molecule is CCNS(=O)(=O)c1ccc(F)c(C(=O)Nc2ccc3oc(C(C)(C)C)nc3c2)c1. The van der Waals surface area contributed by atoms with Gasteiger partial charge < -0.3 is 9.73 Å². The van der Waals surface area contributed by atoms with Crippen LogP contribution in [0.1, 0.15) is 43.9 Å². The number of fused-ring (bicyclic) bond motifs is 1. The number of rotatable bonds is 5. The van der Waals surface area contributed by atoms with Gasteiger partial charge in [0.15, 0.2) is 5.58 Å². The van der Waals surface area contributed by atoms with Crippen molar-refractivity contribution in [3.63, 3.8) is 0 Å². The van der Waals surface area contributed by atoms with Crippen molar-refractivity contribution in [3.05, 3.63) is 53.7 Å². The number of oxazole rings is 1. The van der Waals surface area contributed by atoms with Gasteiger partial charge in [-0.1, -0.05) is 27.7 Å². The van der Waals surface area contributed by atoms with Gasteiger partial charge in [-0.25, -0.2) is 22.5 Å². The third-order valence-electron chi connectivity index (χ3n) is 4.11. The van der Waals surface area contributed by atoms with Crippen LogP contribution in [0, 0.1) is 5.82 Å². The highest BCUT2D eigenvalue weighted by atomic mass is 32.2. The minimum Gasteiger partial charge on any atom is -0.440 e. The number of aromatic nitrogens is 1. The summed E-state index contributed by atoms with van der Waals surface area (Å²) in [5, 5.41) is 2.57. The number of anilines is 1. The maximum Gasteiger partial charge on any atom is 0.258 e. The van der Waals surface area contributed by atoms with E-state index in [1.165, 1.54) is 0 Å². The number of carbonyl (C=O) groups excluding carboxylic acids is 1. The minimum atomic E-state index is -3.82. The van der Waals surface area contributed by atoms with Gasteiger partial charge in [-0.2, -0.15) is 0 Å². The Balaban J connectivity index is 1.90. The third-order valence-corrected chi connectivity index (χ3v) is 5.66. The predicted octanol–water partition coefficient (Wildman–Crippen LogP) is 3.81. The minimum absolute atomic E-state index is 0.176. The molecule has 1 aromatic heterocycles. The summed E-state index contributed by atoms with van der Waals surface area (Å²) in [6.07, 6.45) is 0. The van der Waals surface area contributed by atoms with Gasteiger partial charge in [-0.3, -0.25) is 4.79 Å². The lowest BCUT2D eigenvalue weighted by Gasteiger charge is -2.11. The van der Waals surface area contributed by atoms with Crippen molar-refractivity contribution in [2.45, 2.75) is 38.0 Å². The highest BCUT2D eigenvalue weighted by Gasteiger charge is 2.22. The average Bonchev–Trinajstić information content (AvgIpc) is 3.05. The first-order chi connectivity index (χ1) is 13.5. The monoisotopic (exact) mass is 419 g/mol. The molecule has 0 unspecified atom stereocenters. The smallest absolute Gasteiger partial charge is 0.258 e. The molecule has 0 bridgehead atoms. The van der Waals surface area contributed by atoms with Gasteiger partial charge in [0.05, 0.1) is 10.5 Å². The predicted molar refractivity (Wildman–Crippen MR) is 108 cm³/mol. The first kappa shape index (κ1) is 20.9. The molecular weight excluding hydrogens is 397 g/mol. The molecule has 0 aliphatic heterocycles. The maximum absolute atomic E-state index is 14.2. The van der Waals surface area contributed by atoms with E-state index in [2.05, 4.69) is 15.0 Å². The lowest BCUT2D eigenvalue weighted by Crippen LogP contribution is -2.24. The molecule has 7 nitrogen and oxygen atoms in total. The molecular formula is C20H22FN3O4S. The molecule has 29 heavy (non-hydrogen) atoms. The fourth-order valence-electron chi connectivity index (χ4n) is 2.64. The zero-order valence-electron chi connectivity index (χ0n) is 16.5. The summed E-state index contributed by atoms with van der Waals surface area (Å²) in [5.41, 5.74) is 0.856. The fraction of sp³-hybridized carbons (Fsp3) is 0.300. The number of sulfonamides is 1. The summed E-state index contributed by atoms with van der Waals surface area (Å²) in [6, 6.07) is 7.96. The molecule has 1 amide bonds. The average molecular weight is 419 g/mol. The van der Waals surface area contributed by atoms with Crippen LogP contribution >= 0.6 is 0 Å². The molecule has 9 heteroatoms. The van der Waals surface area contributed by atoms with E-state index in [1.54, 1.807) is 25.1 Å². The molecule has 0 fully saturated rings. The second-order valence-electron chi connectivity index (χ2n) is 7.55. The van der Waals surface area contributed by atoms with Gasteiger partial charge in [0.25, 0.3) is 5.91 Å². The number of benzene rings is 2. The van der Waals surface area contributed by atoms with E-state index in [0.717, 1.165) is 18.2 Å². The largest absolute Gasteiger partial charge is 0.440 e. The Hall–Kier alpha value is -2.78. The summed E-state index contributed by atoms with van der Waals surface area (Å²) < 4.78 is 46.4. The van der Waals surface area contributed by atoms with Crippen LogP contribution in [-0.2, 0) is 15.4 Å². The van der Waals surface area contributed by atoms with Crippen LogP contribution in [0.15, 0.2) is 45.7 Å². The molecule has 2 N–H and O–H groups in total. The number of nitrogens with zero attached hydrogens (tertiary/aromatic N) is 1. The second kappa shape index (κ2) is 7.57. The van der Waals surface area contributed by atoms with Crippen molar-refractivity contribution in [3.8, 4) is 0 Å². The van der Waals surface area contributed by atoms with Crippen molar-refractivity contribution in [1.29, 1.82) is 0 Å². The quantitative estimate of drug-likeness (QED) is 0.655. The first-order valence-corrected chi connectivity index (χ1v) is 10.5. The highest BCUT2D eigenvalue weighted by molar-refractivity contribution is 7.89. The van der Waals surface area contributed by atoms with Crippen LogP contribution in [0.2, 0.25) is 0 Å². The summed E-state index contributed by atoms with van der Waals surface area (Å²) in [6.45, 7) is 7.71. The van der Waals surface area contributed by atoms with Crippen LogP contribution < -0.4 is 10.0 Å². The zero-order valence-corrected chi connectivity index (χ0v) is 17.4. The van der Waals surface area contributed by atoms with Crippen molar-refractivity contribution in [2.75, 3.05) is 11.9 Å². The Labute approximate surface area is 168 Å². The van der Waals surface area contributed by atoms with E-state index in [-0.39, 0.29) is 22.4 Å². The Bertz CT molecular complexity index is 1180. The van der Waals surface area contributed by atoms with Crippen molar-refractivity contribution < 1.29 is 22.0 Å². The summed E-state index contributed by atoms with van der Waals surface area (Å²) in [7, 11) is -3.82. The van der Waals surface area contributed by atoms with Crippen molar-refractivity contribution in [2.24, 2.45) is 0 Å². The van der Waals surface area contributed by atoms with Crippen molar-refractivity contribution >= 4 is 32.7 Å². The topological polar surface area (TPSA) is 101 Å². The molecule has 1 heterocycles. The number of halogens is 1. The third kappa shape index (κ3) is 4.46. The molecule has 0 atom stereocenters. The maximum atomic E-state index is 14.2. The normalized spacial score (nSPS) is 12.3. The Morgan fingerprint density at radius 3 is 2.55 bits per heavy atom. The van der Waals surface area contributed by atoms with Crippen LogP contribution in [0.5, 0.6) is 0 Å². The number of amides is 1. The van der Waals surface area contributed by atoms with Crippen LogP contribution in [0.4, 0.5) is 10.1 Å². The number of hydrogen-bond donors (Lipinski definition) is 2. The molecule has 0 aliphatic carbocycles. The van der Waals surface area contributed by atoms with E-state index in [1.807, 2.05) is 20.8 Å². The molecule has 0 saturated heterocycles. The van der Waals surface area contributed by atoms with Gasteiger partial charge in [-0.15, -0.1) is 0 Å². The van der Waals surface area contributed by atoms with E-state index in [4.69, 9.17) is 4.42 Å². The first-order valence-electron chi connectivity index (χ1n) is 9.03. The summed E-state index contributed by atoms with van der Waals surface area (Å²) in [4.78, 5) is 16.8. The number of nitrogens with one attached hydrogen (secondary N) is 2. The van der Waals surface area contributed by atoms with Gasteiger partial charge in [0.1, 0.15) is 11.3 Å². The highest BCUT2D eigenvalue weighted by Crippen LogP contribution is 2.27. The summed E-state index contributed by atoms with van der Waals surface area (Å²) >= 11 is 0. The van der Waals surface area contributed by atoms with Gasteiger partial charge >= 0.3 is 0 Å². The molecule has 0 saturated carbocycles. The fourth-order valence-corrected chi connectivity index (χ4v) is 3.71. The van der Waals surface area contributed by atoms with Crippen LogP contribution in [-0.4, -0.2) is 25.9 Å². The molecule has 2 aromatic carbocycles. The Morgan fingerprint density at radius 1 is 1.17 bits per heavy atom. The molecule has 154 valence electrons. The van der Waals surface area contributed by atoms with Crippen LogP contribution in [0.3, 0.4) is 0 Å². The molecule has 0 aliphatic rings. The lowest BCUT2D eigenvalue weighted by molar-refractivity contribution is 0.102. The Morgan fingerprint density at radius 2 is 1.90 bits per heavy atom. The van der Waals surface area contributed by atoms with Gasteiger partial charge in [-0.05, 0) is 36.4 Å². The van der Waals surface area contributed by atoms with E-state index >= 15 is 0 Å². The number of carbonyl (C=O) groups is 1. The van der Waals surface area contributed by atoms with E-state index in [0.29, 0.717) is 22.7 Å². The lowest BCUT2D eigenvalue weighted by atomic mass is 9.97. The zero-order chi connectivity index (χ0) is 21.4. The molecule has 0 spiro atoms. The van der Waals surface area contributed by atoms with Gasteiger partial charge in [0, 0.05) is 17.6 Å². The summed E-state index contributed by atoms with van der Waals surface area (Å²) in [5.74, 6) is -1.03. The Kier molecular flexibility index (Phi) is 5.46. The molecule has 3 aromatic rings. The standard InChI is InChI=1S/C20H22FN3O4S/c1-5-22-29(26,27)13-7-8-15(21)14(11-13)18(25)23-12-6-9-17-16(10-12)24-19(28-17)20(2,3)4/h6-11,22H,5H2,1-4H3,(H,23,25). The van der Waals surface area contributed by atoms with E-state index < -0.39 is 21.7 Å².